The fraction of sp³-hybridized carbons (Fsp3) is 0.0588. The lowest BCUT2D eigenvalue weighted by atomic mass is 10.1. The molecule has 22 heavy (non-hydrogen) atoms. The predicted octanol–water partition coefficient (Wildman–Crippen LogP) is 3.82. The van der Waals surface area contributed by atoms with E-state index in [4.69, 9.17) is 0 Å². The number of imidazole rings is 1. The van der Waals surface area contributed by atoms with E-state index >= 15 is 0 Å². The summed E-state index contributed by atoms with van der Waals surface area (Å²) in [6, 6.07) is 17.5. The maximum Gasteiger partial charge on any atom is 0.231 e. The molecular formula is C17H14BrN3O. The summed E-state index contributed by atoms with van der Waals surface area (Å²) in [6.07, 6.45) is 3.81. The first-order valence-electron chi connectivity index (χ1n) is 6.85. The van der Waals surface area contributed by atoms with Crippen LogP contribution in [0.15, 0.2) is 71.5 Å². The minimum absolute atomic E-state index is 0.0919. The molecule has 0 fully saturated rings. The van der Waals surface area contributed by atoms with Gasteiger partial charge >= 0.3 is 0 Å². The Labute approximate surface area is 136 Å². The van der Waals surface area contributed by atoms with Gasteiger partial charge in [-0.1, -0.05) is 46.3 Å². The normalized spacial score (nSPS) is 10.4. The van der Waals surface area contributed by atoms with E-state index in [9.17, 15) is 4.79 Å². The van der Waals surface area contributed by atoms with E-state index in [1.807, 2.05) is 65.4 Å². The molecule has 0 aliphatic heterocycles. The molecule has 1 aromatic heterocycles. The fourth-order valence-corrected chi connectivity index (χ4v) is 2.41. The van der Waals surface area contributed by atoms with E-state index in [-0.39, 0.29) is 5.91 Å². The maximum atomic E-state index is 12.2. The van der Waals surface area contributed by atoms with Crippen molar-refractivity contribution in [1.82, 2.24) is 9.55 Å². The number of carbonyl (C=O) groups excluding carboxylic acids is 1. The second kappa shape index (κ2) is 6.58. The van der Waals surface area contributed by atoms with Gasteiger partial charge in [0.25, 0.3) is 0 Å². The number of benzene rings is 2. The number of anilines is 1. The SMILES string of the molecule is O=C(Cc1ccc(Br)cc1)Nc1nccn1-c1ccccc1. The highest BCUT2D eigenvalue weighted by Crippen LogP contribution is 2.15. The van der Waals surface area contributed by atoms with E-state index in [0.29, 0.717) is 12.4 Å². The van der Waals surface area contributed by atoms with Gasteiger partial charge in [0.1, 0.15) is 0 Å². The van der Waals surface area contributed by atoms with Crippen LogP contribution in [-0.2, 0) is 11.2 Å². The molecule has 5 heteroatoms. The Hall–Kier alpha value is -2.40. The summed E-state index contributed by atoms with van der Waals surface area (Å²) in [6.45, 7) is 0. The van der Waals surface area contributed by atoms with Crippen molar-refractivity contribution in [3.8, 4) is 5.69 Å². The predicted molar refractivity (Wildman–Crippen MR) is 90.0 cm³/mol. The monoisotopic (exact) mass is 355 g/mol. The molecule has 0 saturated heterocycles. The molecule has 3 rings (SSSR count). The summed E-state index contributed by atoms with van der Waals surface area (Å²) in [7, 11) is 0. The number of halogens is 1. The molecule has 1 N–H and O–H groups in total. The Morgan fingerprint density at radius 1 is 1.09 bits per heavy atom. The standard InChI is InChI=1S/C17H14BrN3O/c18-14-8-6-13(7-9-14)12-16(22)20-17-19-10-11-21(17)15-4-2-1-3-5-15/h1-11H,12H2,(H,19,20,22). The van der Waals surface area contributed by atoms with Crippen molar-refractivity contribution in [3.63, 3.8) is 0 Å². The van der Waals surface area contributed by atoms with Crippen LogP contribution in [0.3, 0.4) is 0 Å². The van der Waals surface area contributed by atoms with E-state index in [1.165, 1.54) is 0 Å². The number of aromatic nitrogens is 2. The van der Waals surface area contributed by atoms with Gasteiger partial charge < -0.3 is 0 Å². The van der Waals surface area contributed by atoms with Crippen molar-refractivity contribution in [2.45, 2.75) is 6.42 Å². The van der Waals surface area contributed by atoms with Crippen LogP contribution in [0.4, 0.5) is 5.95 Å². The van der Waals surface area contributed by atoms with Crippen molar-refractivity contribution in [2.24, 2.45) is 0 Å². The van der Waals surface area contributed by atoms with Crippen LogP contribution < -0.4 is 5.32 Å². The average Bonchev–Trinajstić information content (AvgIpc) is 2.98. The maximum absolute atomic E-state index is 12.2. The first-order chi connectivity index (χ1) is 10.7. The fourth-order valence-electron chi connectivity index (χ4n) is 2.15. The number of para-hydroxylation sites is 1. The number of nitrogens with zero attached hydrogens (tertiary/aromatic N) is 2. The Bertz CT molecular complexity index is 766. The average molecular weight is 356 g/mol. The molecule has 1 amide bonds. The topological polar surface area (TPSA) is 46.9 Å². The molecular weight excluding hydrogens is 342 g/mol. The van der Waals surface area contributed by atoms with Crippen molar-refractivity contribution in [1.29, 1.82) is 0 Å². The molecule has 110 valence electrons. The third kappa shape index (κ3) is 3.43. The number of nitrogens with one attached hydrogen (secondary N) is 1. The second-order valence-corrected chi connectivity index (χ2v) is 5.72. The van der Waals surface area contributed by atoms with Gasteiger partial charge in [0.05, 0.1) is 6.42 Å². The van der Waals surface area contributed by atoms with Crippen molar-refractivity contribution in [3.05, 3.63) is 77.0 Å². The number of amides is 1. The minimum atomic E-state index is -0.0919. The lowest BCUT2D eigenvalue weighted by Crippen LogP contribution is -2.17. The van der Waals surface area contributed by atoms with E-state index < -0.39 is 0 Å². The zero-order valence-corrected chi connectivity index (χ0v) is 13.3. The van der Waals surface area contributed by atoms with E-state index in [2.05, 4.69) is 26.2 Å². The highest BCUT2D eigenvalue weighted by atomic mass is 79.9. The Balaban J connectivity index is 1.73. The lowest BCUT2D eigenvalue weighted by molar-refractivity contribution is -0.115. The lowest BCUT2D eigenvalue weighted by Gasteiger charge is -2.09. The molecule has 0 atom stereocenters. The third-order valence-electron chi connectivity index (χ3n) is 3.20. The summed E-state index contributed by atoms with van der Waals surface area (Å²) < 4.78 is 2.84. The number of hydrogen-bond donors (Lipinski definition) is 1. The molecule has 2 aromatic carbocycles. The highest BCUT2D eigenvalue weighted by molar-refractivity contribution is 9.10. The smallest absolute Gasteiger partial charge is 0.231 e. The van der Waals surface area contributed by atoms with Crippen LogP contribution in [0.25, 0.3) is 5.69 Å². The highest BCUT2D eigenvalue weighted by Gasteiger charge is 2.09. The molecule has 1 heterocycles. The Kier molecular flexibility index (Phi) is 4.34. The van der Waals surface area contributed by atoms with Gasteiger partial charge in [-0.25, -0.2) is 4.98 Å². The summed E-state index contributed by atoms with van der Waals surface area (Å²) in [4.78, 5) is 16.4. The van der Waals surface area contributed by atoms with Crippen molar-refractivity contribution < 1.29 is 4.79 Å². The van der Waals surface area contributed by atoms with Gasteiger partial charge in [-0.2, -0.15) is 0 Å². The molecule has 0 aliphatic rings. The van der Waals surface area contributed by atoms with Crippen LogP contribution in [0.1, 0.15) is 5.56 Å². The Morgan fingerprint density at radius 2 is 1.82 bits per heavy atom. The Morgan fingerprint density at radius 3 is 2.55 bits per heavy atom. The van der Waals surface area contributed by atoms with Gasteiger partial charge in [0.2, 0.25) is 11.9 Å². The zero-order valence-electron chi connectivity index (χ0n) is 11.7. The van der Waals surface area contributed by atoms with Crippen molar-refractivity contribution >= 4 is 27.8 Å². The largest absolute Gasteiger partial charge is 0.295 e. The molecule has 0 radical (unpaired) electrons. The molecule has 3 aromatic rings. The number of rotatable bonds is 4. The second-order valence-electron chi connectivity index (χ2n) is 4.81. The molecule has 0 aliphatic carbocycles. The van der Waals surface area contributed by atoms with E-state index in [1.54, 1.807) is 6.20 Å². The van der Waals surface area contributed by atoms with E-state index in [0.717, 1.165) is 15.7 Å². The minimum Gasteiger partial charge on any atom is -0.295 e. The van der Waals surface area contributed by atoms with Crippen molar-refractivity contribution in [2.75, 3.05) is 5.32 Å². The quantitative estimate of drug-likeness (QED) is 0.773. The van der Waals surface area contributed by atoms with Crippen LogP contribution in [-0.4, -0.2) is 15.5 Å². The summed E-state index contributed by atoms with van der Waals surface area (Å²) in [5.74, 6) is 0.430. The molecule has 4 nitrogen and oxygen atoms in total. The van der Waals surface area contributed by atoms with Gasteiger partial charge in [-0.3, -0.25) is 14.7 Å². The number of carbonyl (C=O) groups is 1. The van der Waals surface area contributed by atoms with Crippen LogP contribution in [0.2, 0.25) is 0 Å². The molecule has 0 bridgehead atoms. The first kappa shape index (κ1) is 14.5. The third-order valence-corrected chi connectivity index (χ3v) is 3.73. The van der Waals surface area contributed by atoms with Crippen LogP contribution >= 0.6 is 15.9 Å². The summed E-state index contributed by atoms with van der Waals surface area (Å²) in [5, 5.41) is 2.85. The summed E-state index contributed by atoms with van der Waals surface area (Å²) >= 11 is 3.38. The van der Waals surface area contributed by atoms with Gasteiger partial charge in [0, 0.05) is 22.6 Å². The van der Waals surface area contributed by atoms with Gasteiger partial charge in [-0.05, 0) is 29.8 Å². The van der Waals surface area contributed by atoms with Gasteiger partial charge in [-0.15, -0.1) is 0 Å². The molecule has 0 unspecified atom stereocenters. The zero-order chi connectivity index (χ0) is 15.4. The summed E-state index contributed by atoms with van der Waals surface area (Å²) in [5.41, 5.74) is 1.91. The van der Waals surface area contributed by atoms with Crippen LogP contribution in [0.5, 0.6) is 0 Å². The number of hydrogen-bond acceptors (Lipinski definition) is 2. The van der Waals surface area contributed by atoms with Crippen LogP contribution in [0, 0.1) is 0 Å². The molecule has 0 spiro atoms. The van der Waals surface area contributed by atoms with Gasteiger partial charge in [0.15, 0.2) is 0 Å². The molecule has 0 saturated carbocycles. The first-order valence-corrected chi connectivity index (χ1v) is 7.65.